The number of amidine groups is 1. The number of rotatable bonds is 4. The lowest BCUT2D eigenvalue weighted by Crippen LogP contribution is -2.12. The van der Waals surface area contributed by atoms with Crippen molar-refractivity contribution in [1.29, 1.82) is 0 Å². The maximum absolute atomic E-state index is 5.80. The summed E-state index contributed by atoms with van der Waals surface area (Å²) in [5.74, 6) is 1.99. The zero-order valence-electron chi connectivity index (χ0n) is 10.2. The molecule has 0 fully saturated rings. The Bertz CT molecular complexity index is 555. The van der Waals surface area contributed by atoms with E-state index in [1.54, 1.807) is 6.21 Å². The summed E-state index contributed by atoms with van der Waals surface area (Å²) in [6, 6.07) is 13.3. The molecule has 4 nitrogen and oxygen atoms in total. The van der Waals surface area contributed by atoms with Crippen molar-refractivity contribution in [2.24, 2.45) is 15.9 Å². The number of aryl methyl sites for hydroxylation is 1. The molecule has 1 aromatic heterocycles. The van der Waals surface area contributed by atoms with E-state index in [1.165, 1.54) is 0 Å². The molecular weight excluding hydrogens is 226 g/mol. The molecule has 0 aliphatic rings. The summed E-state index contributed by atoms with van der Waals surface area (Å²) in [6.45, 7) is 2.03. The molecule has 2 rings (SSSR count). The van der Waals surface area contributed by atoms with Crippen LogP contribution in [-0.4, -0.2) is 12.1 Å². The molecule has 0 atom stereocenters. The summed E-state index contributed by atoms with van der Waals surface area (Å²) in [5.41, 5.74) is 6.65. The minimum atomic E-state index is 0.383. The normalized spacial score (nSPS) is 12.2. The van der Waals surface area contributed by atoms with Gasteiger partial charge in [0.15, 0.2) is 5.84 Å². The molecule has 0 aliphatic heterocycles. The molecule has 0 radical (unpaired) electrons. The molecule has 0 aliphatic carbocycles. The summed E-state index contributed by atoms with van der Waals surface area (Å²) >= 11 is 0. The fourth-order valence-corrected chi connectivity index (χ4v) is 1.47. The minimum Gasteiger partial charge on any atom is -0.460 e. The average Bonchev–Trinajstić information content (AvgIpc) is 2.87. The van der Waals surface area contributed by atoms with Crippen molar-refractivity contribution in [1.82, 2.24) is 0 Å². The van der Waals surface area contributed by atoms with E-state index in [-0.39, 0.29) is 0 Å². The molecular formula is C14H15N3O. The molecule has 0 saturated heterocycles. The Morgan fingerprint density at radius 1 is 1.22 bits per heavy atom. The summed E-state index contributed by atoms with van der Waals surface area (Å²) < 4.78 is 5.46. The van der Waals surface area contributed by atoms with Crippen LogP contribution in [0.1, 0.15) is 24.0 Å². The standard InChI is InChI=1S/C14H15N3O/c1-2-12-8-9-13(18-12)10-16-17-14(15)11-6-4-3-5-7-11/h3-10H,2H2,1H3,(H2,15,17)/b16-10+. The SMILES string of the molecule is CCc1ccc(/C=N/N=C(\N)c2ccccc2)o1. The molecule has 0 spiro atoms. The lowest BCUT2D eigenvalue weighted by atomic mass is 10.2. The monoisotopic (exact) mass is 241 g/mol. The molecule has 92 valence electrons. The van der Waals surface area contributed by atoms with E-state index < -0.39 is 0 Å². The Hall–Kier alpha value is -2.36. The van der Waals surface area contributed by atoms with Crippen LogP contribution in [0.3, 0.4) is 0 Å². The first-order valence-corrected chi connectivity index (χ1v) is 5.80. The zero-order valence-corrected chi connectivity index (χ0v) is 10.2. The van der Waals surface area contributed by atoms with Gasteiger partial charge in [0.1, 0.15) is 11.5 Å². The third-order valence-electron chi connectivity index (χ3n) is 2.45. The summed E-state index contributed by atoms with van der Waals surface area (Å²) in [7, 11) is 0. The Morgan fingerprint density at radius 3 is 2.67 bits per heavy atom. The second-order valence-corrected chi connectivity index (χ2v) is 3.75. The number of nitrogens with two attached hydrogens (primary N) is 1. The van der Waals surface area contributed by atoms with Crippen LogP contribution in [-0.2, 0) is 6.42 Å². The maximum Gasteiger partial charge on any atom is 0.153 e. The highest BCUT2D eigenvalue weighted by molar-refractivity contribution is 5.97. The van der Waals surface area contributed by atoms with Gasteiger partial charge in [0.2, 0.25) is 0 Å². The first-order valence-electron chi connectivity index (χ1n) is 5.80. The van der Waals surface area contributed by atoms with Gasteiger partial charge in [-0.1, -0.05) is 37.3 Å². The maximum atomic E-state index is 5.80. The van der Waals surface area contributed by atoms with E-state index in [1.807, 2.05) is 49.4 Å². The fraction of sp³-hybridized carbons (Fsp3) is 0.143. The van der Waals surface area contributed by atoms with E-state index in [2.05, 4.69) is 10.2 Å². The Labute approximate surface area is 106 Å². The van der Waals surface area contributed by atoms with Crippen molar-refractivity contribution in [3.8, 4) is 0 Å². The van der Waals surface area contributed by atoms with Gasteiger partial charge in [0.05, 0.1) is 6.21 Å². The van der Waals surface area contributed by atoms with Gasteiger partial charge in [-0.15, -0.1) is 5.10 Å². The van der Waals surface area contributed by atoms with Crippen molar-refractivity contribution in [2.45, 2.75) is 13.3 Å². The van der Waals surface area contributed by atoms with Crippen molar-refractivity contribution in [3.05, 3.63) is 59.5 Å². The lowest BCUT2D eigenvalue weighted by molar-refractivity contribution is 0.510. The fourth-order valence-electron chi connectivity index (χ4n) is 1.47. The Morgan fingerprint density at radius 2 is 2.00 bits per heavy atom. The van der Waals surface area contributed by atoms with Gasteiger partial charge in [0.25, 0.3) is 0 Å². The van der Waals surface area contributed by atoms with E-state index in [0.717, 1.165) is 17.7 Å². The van der Waals surface area contributed by atoms with Gasteiger partial charge in [-0.05, 0) is 12.1 Å². The Balaban J connectivity index is 2.06. The molecule has 0 bridgehead atoms. The molecule has 0 unspecified atom stereocenters. The van der Waals surface area contributed by atoms with Gasteiger partial charge in [0, 0.05) is 12.0 Å². The molecule has 18 heavy (non-hydrogen) atoms. The molecule has 2 N–H and O–H groups in total. The van der Waals surface area contributed by atoms with Crippen molar-refractivity contribution in [3.63, 3.8) is 0 Å². The van der Waals surface area contributed by atoms with Gasteiger partial charge < -0.3 is 10.2 Å². The van der Waals surface area contributed by atoms with Crippen molar-refractivity contribution < 1.29 is 4.42 Å². The molecule has 2 aromatic rings. The highest BCUT2D eigenvalue weighted by Gasteiger charge is 1.97. The molecule has 1 heterocycles. The molecule has 0 amide bonds. The number of nitrogens with zero attached hydrogens (tertiary/aromatic N) is 2. The third-order valence-corrected chi connectivity index (χ3v) is 2.45. The summed E-state index contributed by atoms with van der Waals surface area (Å²) in [5, 5.41) is 7.84. The van der Waals surface area contributed by atoms with E-state index in [0.29, 0.717) is 11.6 Å². The zero-order chi connectivity index (χ0) is 12.8. The number of furan rings is 1. The van der Waals surface area contributed by atoms with Gasteiger partial charge in [-0.25, -0.2) is 0 Å². The predicted molar refractivity (Wildman–Crippen MR) is 72.8 cm³/mol. The first-order chi connectivity index (χ1) is 8.79. The molecule has 0 saturated carbocycles. The van der Waals surface area contributed by atoms with Crippen LogP contribution < -0.4 is 5.73 Å². The highest BCUT2D eigenvalue weighted by Crippen LogP contribution is 2.06. The number of hydrogen-bond acceptors (Lipinski definition) is 3. The van der Waals surface area contributed by atoms with Gasteiger partial charge in [-0.2, -0.15) is 5.10 Å². The largest absolute Gasteiger partial charge is 0.460 e. The second kappa shape index (κ2) is 5.82. The summed E-state index contributed by atoms with van der Waals surface area (Å²) in [4.78, 5) is 0. The van der Waals surface area contributed by atoms with Crippen LogP contribution in [0.2, 0.25) is 0 Å². The van der Waals surface area contributed by atoms with Crippen LogP contribution in [0.15, 0.2) is 57.1 Å². The minimum absolute atomic E-state index is 0.383. The van der Waals surface area contributed by atoms with Crippen molar-refractivity contribution >= 4 is 12.1 Å². The summed E-state index contributed by atoms with van der Waals surface area (Å²) in [6.07, 6.45) is 2.41. The molecule has 1 aromatic carbocycles. The Kier molecular flexibility index (Phi) is 3.91. The first kappa shape index (κ1) is 12.1. The van der Waals surface area contributed by atoms with Crippen LogP contribution in [0.5, 0.6) is 0 Å². The highest BCUT2D eigenvalue weighted by atomic mass is 16.3. The van der Waals surface area contributed by atoms with Crippen molar-refractivity contribution in [2.75, 3.05) is 0 Å². The van der Waals surface area contributed by atoms with Crippen LogP contribution in [0.25, 0.3) is 0 Å². The number of hydrogen-bond donors (Lipinski definition) is 1. The lowest BCUT2D eigenvalue weighted by Gasteiger charge is -1.96. The number of benzene rings is 1. The van der Waals surface area contributed by atoms with E-state index >= 15 is 0 Å². The second-order valence-electron chi connectivity index (χ2n) is 3.75. The van der Waals surface area contributed by atoms with Crippen LogP contribution >= 0.6 is 0 Å². The van der Waals surface area contributed by atoms with Gasteiger partial charge in [-0.3, -0.25) is 0 Å². The van der Waals surface area contributed by atoms with E-state index in [9.17, 15) is 0 Å². The third kappa shape index (κ3) is 3.07. The average molecular weight is 241 g/mol. The van der Waals surface area contributed by atoms with Crippen LogP contribution in [0.4, 0.5) is 0 Å². The topological polar surface area (TPSA) is 63.9 Å². The molecule has 4 heteroatoms. The van der Waals surface area contributed by atoms with Gasteiger partial charge >= 0.3 is 0 Å². The quantitative estimate of drug-likeness (QED) is 0.508. The van der Waals surface area contributed by atoms with E-state index in [4.69, 9.17) is 10.2 Å². The smallest absolute Gasteiger partial charge is 0.153 e. The predicted octanol–water partition coefficient (Wildman–Crippen LogP) is 2.58. The van der Waals surface area contributed by atoms with Crippen LogP contribution in [0, 0.1) is 0 Å².